The summed E-state index contributed by atoms with van der Waals surface area (Å²) in [5, 5.41) is 11.9. The Morgan fingerprint density at radius 2 is 0.581 bits per heavy atom. The number of allylic oxidation sites excluding steroid dienone is 24. The van der Waals surface area contributed by atoms with E-state index >= 15 is 0 Å². The zero-order chi connectivity index (χ0) is 67.5. The first-order chi connectivity index (χ1) is 45.6. The summed E-state index contributed by atoms with van der Waals surface area (Å²) in [5.41, 5.74) is 0. The number of likely N-dealkylation sites (N-methyl/N-ethyl adjacent to an activating group) is 1. The van der Waals surface area contributed by atoms with Gasteiger partial charge in [0.2, 0.25) is 0 Å². The largest absolute Gasteiger partial charge is 0.545 e. The topological polar surface area (TPSA) is 111 Å². The Hall–Kier alpha value is -4.83. The van der Waals surface area contributed by atoms with E-state index in [4.69, 9.17) is 18.9 Å². The molecule has 0 bridgehead atoms. The molecule has 93 heavy (non-hydrogen) atoms. The molecule has 0 aromatic carbocycles. The maximum atomic E-state index is 13.0. The van der Waals surface area contributed by atoms with E-state index in [0.29, 0.717) is 17.4 Å². The molecular formula is C84H141NO8. The molecule has 0 fully saturated rings. The first-order valence-electron chi connectivity index (χ1n) is 38.0. The maximum absolute atomic E-state index is 13.0. The smallest absolute Gasteiger partial charge is 0.306 e. The van der Waals surface area contributed by atoms with Crippen LogP contribution in [-0.4, -0.2) is 82.3 Å². The predicted octanol–water partition coefficient (Wildman–Crippen LogP) is 22.9. The molecule has 0 heterocycles. The van der Waals surface area contributed by atoms with Gasteiger partial charge in [-0.3, -0.25) is 9.59 Å². The quantitative estimate of drug-likeness (QED) is 0.0195. The van der Waals surface area contributed by atoms with Gasteiger partial charge in [0.15, 0.2) is 12.4 Å². The lowest BCUT2D eigenvalue weighted by atomic mass is 10.0. The van der Waals surface area contributed by atoms with Crippen LogP contribution in [0.5, 0.6) is 0 Å². The number of carbonyl (C=O) groups is 3. The Bertz CT molecular complexity index is 2040. The van der Waals surface area contributed by atoms with Gasteiger partial charge in [-0.05, 0) is 116 Å². The Morgan fingerprint density at radius 3 is 0.860 bits per heavy atom. The second-order valence-electron chi connectivity index (χ2n) is 26.2. The van der Waals surface area contributed by atoms with Gasteiger partial charge >= 0.3 is 11.9 Å². The number of unbranched alkanes of at least 4 members (excludes halogenated alkanes) is 30. The lowest BCUT2D eigenvalue weighted by Crippen LogP contribution is -2.44. The molecule has 0 spiro atoms. The third kappa shape index (κ3) is 74.4. The van der Waals surface area contributed by atoms with Crippen LogP contribution in [0.2, 0.25) is 0 Å². The highest BCUT2D eigenvalue weighted by Gasteiger charge is 2.22. The number of aliphatic carboxylic acids is 1. The number of rotatable bonds is 69. The van der Waals surface area contributed by atoms with E-state index in [1.54, 1.807) is 0 Å². The molecule has 0 aliphatic heterocycles. The van der Waals surface area contributed by atoms with E-state index in [-0.39, 0.29) is 38.6 Å². The van der Waals surface area contributed by atoms with Gasteiger partial charge in [-0.25, -0.2) is 0 Å². The normalized spacial score (nSPS) is 13.5. The minimum Gasteiger partial charge on any atom is -0.545 e. The second kappa shape index (κ2) is 73.0. The van der Waals surface area contributed by atoms with Crippen LogP contribution in [-0.2, 0) is 33.3 Å². The number of carboxylic acids is 1. The fourth-order valence-corrected chi connectivity index (χ4v) is 10.4. The molecule has 0 N–H and O–H groups in total. The molecule has 530 valence electrons. The van der Waals surface area contributed by atoms with E-state index in [2.05, 4.69) is 160 Å². The molecule has 0 amide bonds. The lowest BCUT2D eigenvalue weighted by Gasteiger charge is -2.26. The minimum atomic E-state index is -1.63. The zero-order valence-corrected chi connectivity index (χ0v) is 60.6. The van der Waals surface area contributed by atoms with Crippen LogP contribution in [0.15, 0.2) is 146 Å². The van der Waals surface area contributed by atoms with Crippen LogP contribution < -0.4 is 5.11 Å². The fraction of sp³-hybridized carbons (Fsp3) is 0.679. The Labute approximate surface area is 572 Å². The van der Waals surface area contributed by atoms with Gasteiger partial charge in [0, 0.05) is 12.8 Å². The van der Waals surface area contributed by atoms with E-state index in [9.17, 15) is 19.5 Å². The van der Waals surface area contributed by atoms with Crippen LogP contribution >= 0.6 is 0 Å². The summed E-state index contributed by atoms with van der Waals surface area (Å²) in [5.74, 6) is -2.28. The van der Waals surface area contributed by atoms with E-state index in [0.717, 1.165) is 116 Å². The first kappa shape index (κ1) is 88.2. The molecule has 0 aliphatic rings. The van der Waals surface area contributed by atoms with Crippen molar-refractivity contribution in [2.24, 2.45) is 0 Å². The summed E-state index contributed by atoms with van der Waals surface area (Å²) in [7, 11) is 5.93. The van der Waals surface area contributed by atoms with Crippen molar-refractivity contribution < 1.29 is 42.9 Å². The molecule has 2 unspecified atom stereocenters. The number of esters is 2. The van der Waals surface area contributed by atoms with Gasteiger partial charge in [0.05, 0.1) is 40.3 Å². The number of hydrogen-bond donors (Lipinski definition) is 0. The van der Waals surface area contributed by atoms with Crippen LogP contribution in [0, 0.1) is 0 Å². The third-order valence-corrected chi connectivity index (χ3v) is 16.1. The van der Waals surface area contributed by atoms with Gasteiger partial charge in [0.25, 0.3) is 0 Å². The molecule has 0 aromatic heterocycles. The number of hydrogen-bond acceptors (Lipinski definition) is 8. The van der Waals surface area contributed by atoms with Gasteiger partial charge in [-0.15, -0.1) is 0 Å². The van der Waals surface area contributed by atoms with Crippen molar-refractivity contribution >= 4 is 17.9 Å². The second-order valence-corrected chi connectivity index (χ2v) is 26.2. The molecule has 0 saturated heterocycles. The maximum Gasteiger partial charge on any atom is 0.306 e. The van der Waals surface area contributed by atoms with Crippen LogP contribution in [0.25, 0.3) is 0 Å². The Kier molecular flexibility index (Phi) is 69.2. The van der Waals surface area contributed by atoms with Crippen molar-refractivity contribution in [1.82, 2.24) is 0 Å². The van der Waals surface area contributed by atoms with Crippen LogP contribution in [0.1, 0.15) is 309 Å². The van der Waals surface area contributed by atoms with Crippen LogP contribution in [0.4, 0.5) is 0 Å². The predicted molar refractivity (Wildman–Crippen MR) is 398 cm³/mol. The molecule has 0 aliphatic carbocycles. The molecule has 9 nitrogen and oxygen atoms in total. The molecule has 0 radical (unpaired) electrons. The summed E-state index contributed by atoms with van der Waals surface area (Å²) in [4.78, 5) is 37.6. The van der Waals surface area contributed by atoms with Crippen molar-refractivity contribution in [3.63, 3.8) is 0 Å². The van der Waals surface area contributed by atoms with Crippen molar-refractivity contribution in [2.45, 2.75) is 322 Å². The number of carboxylic acid groups (broad SMARTS) is 1. The molecule has 9 heteroatoms. The van der Waals surface area contributed by atoms with Crippen molar-refractivity contribution in [1.29, 1.82) is 0 Å². The van der Waals surface area contributed by atoms with Gasteiger partial charge < -0.3 is 33.3 Å². The number of ether oxygens (including phenoxy) is 4. The van der Waals surface area contributed by atoms with E-state index < -0.39 is 24.3 Å². The highest BCUT2D eigenvalue weighted by atomic mass is 16.7. The molecule has 0 saturated carbocycles. The highest BCUT2D eigenvalue weighted by Crippen LogP contribution is 2.18. The number of quaternary nitrogens is 1. The molecule has 0 rings (SSSR count). The van der Waals surface area contributed by atoms with Crippen molar-refractivity contribution in [3.8, 4) is 0 Å². The third-order valence-electron chi connectivity index (χ3n) is 16.1. The van der Waals surface area contributed by atoms with Crippen LogP contribution in [0.3, 0.4) is 0 Å². The summed E-state index contributed by atoms with van der Waals surface area (Å²) in [6.07, 6.45) is 104. The standard InChI is InChI=1S/C84H141NO8/c1-6-8-10-12-14-16-18-20-22-24-26-28-30-32-34-36-37-38-39-40-41-42-43-44-45-47-49-51-53-55-57-59-61-63-65-67-69-71-73-75-82(87)93-80(79-92-84(83(88)89)90-77-76-85(3,4)5)78-91-81(86)74-72-70-68-66-64-62-60-58-56-54-52-50-48-46-35-33-31-29-27-25-23-21-19-17-15-13-11-9-7-2/h8-11,14-17,20-23,26-29,32,34,37-38,40-41,43-44,80,84H,6-7,12-13,18-19,24-25,30-31,33,35-36,39,42,45-79H2,1-5H3/b10-8-,11-9-,16-14-,17-15-,22-20-,23-21-,28-26-,29-27-,34-32-,38-37-,41-40-,44-43-. The molecular weight excluding hydrogens is 1150 g/mol. The Balaban J connectivity index is 4.08. The number of nitrogens with zero attached hydrogens (tertiary/aromatic N) is 1. The first-order valence-corrected chi connectivity index (χ1v) is 38.0. The van der Waals surface area contributed by atoms with E-state index in [1.807, 2.05) is 21.1 Å². The summed E-state index contributed by atoms with van der Waals surface area (Å²) < 4.78 is 22.8. The number of carbonyl (C=O) groups excluding carboxylic acids is 3. The molecule has 0 aromatic rings. The highest BCUT2D eigenvalue weighted by molar-refractivity contribution is 5.70. The molecule has 2 atom stereocenters. The Morgan fingerprint density at radius 1 is 0.323 bits per heavy atom. The van der Waals surface area contributed by atoms with Gasteiger partial charge in [-0.1, -0.05) is 327 Å². The fourth-order valence-electron chi connectivity index (χ4n) is 10.4. The lowest BCUT2D eigenvalue weighted by molar-refractivity contribution is -0.870. The SMILES string of the molecule is CC/C=C\C/C=C\C/C=C\C/C=C\C/C=C\C/C=C\C/C=C\C/C=C\CCCCCCCCCCCCCCCCC(=O)OC(COC(=O)CCCCCCCCCCCCCCCCCC/C=C\C/C=C\C/C=C\C/C=C\CC)COC(OCC[N+](C)(C)C)C(=O)[O-]. The van der Waals surface area contributed by atoms with Crippen molar-refractivity contribution in [3.05, 3.63) is 146 Å². The average Bonchev–Trinajstić information content (AvgIpc) is 3.38. The summed E-state index contributed by atoms with van der Waals surface area (Å²) >= 11 is 0. The van der Waals surface area contributed by atoms with Crippen molar-refractivity contribution in [2.75, 3.05) is 47.5 Å². The van der Waals surface area contributed by atoms with Gasteiger partial charge in [-0.2, -0.15) is 0 Å². The minimum absolute atomic E-state index is 0.143. The van der Waals surface area contributed by atoms with Gasteiger partial charge in [0.1, 0.15) is 13.2 Å². The average molecular weight is 1290 g/mol. The summed E-state index contributed by atoms with van der Waals surface area (Å²) in [6.45, 7) is 4.54. The monoisotopic (exact) mass is 1290 g/mol. The zero-order valence-electron chi connectivity index (χ0n) is 60.6. The summed E-state index contributed by atoms with van der Waals surface area (Å²) in [6, 6.07) is 0. The van der Waals surface area contributed by atoms with E-state index in [1.165, 1.54) is 161 Å².